The third kappa shape index (κ3) is 4.36. The zero-order chi connectivity index (χ0) is 14.3. The molecular formula is C17H26N2. The van der Waals surface area contributed by atoms with Crippen molar-refractivity contribution in [3.05, 3.63) is 35.4 Å². The maximum absolute atomic E-state index is 9.49. The zero-order valence-corrected chi connectivity index (χ0v) is 12.7. The van der Waals surface area contributed by atoms with Gasteiger partial charge in [0.05, 0.1) is 6.07 Å². The minimum Gasteiger partial charge on any atom is -0.284 e. The molecule has 0 N–H and O–H groups in total. The van der Waals surface area contributed by atoms with Crippen LogP contribution in [0.5, 0.6) is 0 Å². The summed E-state index contributed by atoms with van der Waals surface area (Å²) in [6, 6.07) is 10.9. The van der Waals surface area contributed by atoms with E-state index in [1.807, 2.05) is 0 Å². The van der Waals surface area contributed by atoms with Gasteiger partial charge < -0.3 is 0 Å². The SMILES string of the molecule is CCCN(CCC)C(C#N)c1ccc(C(C)C)cc1. The molecule has 0 aliphatic heterocycles. The van der Waals surface area contributed by atoms with Crippen molar-refractivity contribution in [2.45, 2.75) is 52.5 Å². The summed E-state index contributed by atoms with van der Waals surface area (Å²) in [5.74, 6) is 0.539. The van der Waals surface area contributed by atoms with Gasteiger partial charge in [-0.15, -0.1) is 0 Å². The lowest BCUT2D eigenvalue weighted by Crippen LogP contribution is -2.29. The maximum Gasteiger partial charge on any atom is 0.123 e. The van der Waals surface area contributed by atoms with Crippen molar-refractivity contribution in [1.29, 1.82) is 5.26 Å². The van der Waals surface area contributed by atoms with E-state index in [0.717, 1.165) is 31.5 Å². The first-order chi connectivity index (χ1) is 9.13. The molecule has 0 bridgehead atoms. The molecule has 0 aromatic heterocycles. The van der Waals surface area contributed by atoms with Crippen LogP contribution in [0.25, 0.3) is 0 Å². The fourth-order valence-corrected chi connectivity index (χ4v) is 2.37. The van der Waals surface area contributed by atoms with Gasteiger partial charge in [0, 0.05) is 0 Å². The summed E-state index contributed by atoms with van der Waals surface area (Å²) in [6.45, 7) is 10.7. The van der Waals surface area contributed by atoms with E-state index in [9.17, 15) is 5.26 Å². The lowest BCUT2D eigenvalue weighted by Gasteiger charge is -2.26. The highest BCUT2D eigenvalue weighted by Gasteiger charge is 2.18. The molecule has 1 aromatic rings. The van der Waals surface area contributed by atoms with Crippen LogP contribution in [0, 0.1) is 11.3 Å². The number of nitrogens with zero attached hydrogens (tertiary/aromatic N) is 2. The molecule has 1 rings (SSSR count). The molecular weight excluding hydrogens is 232 g/mol. The molecule has 0 spiro atoms. The smallest absolute Gasteiger partial charge is 0.123 e. The molecule has 1 aromatic carbocycles. The standard InChI is InChI=1S/C17H26N2/c1-5-11-19(12-6-2)17(13-18)16-9-7-15(8-10-16)14(3)4/h7-10,14,17H,5-6,11-12H2,1-4H3. The highest BCUT2D eigenvalue weighted by Crippen LogP contribution is 2.23. The van der Waals surface area contributed by atoms with E-state index in [-0.39, 0.29) is 6.04 Å². The van der Waals surface area contributed by atoms with Crippen molar-refractivity contribution in [2.24, 2.45) is 0 Å². The van der Waals surface area contributed by atoms with Crippen molar-refractivity contribution in [3.8, 4) is 6.07 Å². The van der Waals surface area contributed by atoms with Crippen LogP contribution in [-0.4, -0.2) is 18.0 Å². The second kappa shape index (κ2) is 7.96. The Labute approximate surface area is 118 Å². The molecule has 0 radical (unpaired) electrons. The summed E-state index contributed by atoms with van der Waals surface area (Å²) in [4.78, 5) is 2.28. The summed E-state index contributed by atoms with van der Waals surface area (Å²) < 4.78 is 0. The predicted octanol–water partition coefficient (Wildman–Crippen LogP) is 4.50. The van der Waals surface area contributed by atoms with Gasteiger partial charge in [-0.25, -0.2) is 0 Å². The average Bonchev–Trinajstić information content (AvgIpc) is 2.40. The minimum absolute atomic E-state index is 0.110. The van der Waals surface area contributed by atoms with Crippen LogP contribution in [0.15, 0.2) is 24.3 Å². The van der Waals surface area contributed by atoms with Gasteiger partial charge in [0.25, 0.3) is 0 Å². The van der Waals surface area contributed by atoms with Crippen LogP contribution >= 0.6 is 0 Å². The lowest BCUT2D eigenvalue weighted by atomic mass is 9.98. The van der Waals surface area contributed by atoms with E-state index >= 15 is 0 Å². The fourth-order valence-electron chi connectivity index (χ4n) is 2.37. The van der Waals surface area contributed by atoms with E-state index in [2.05, 4.69) is 62.9 Å². The summed E-state index contributed by atoms with van der Waals surface area (Å²) in [6.07, 6.45) is 2.17. The van der Waals surface area contributed by atoms with E-state index < -0.39 is 0 Å². The second-order valence-electron chi connectivity index (χ2n) is 5.39. The van der Waals surface area contributed by atoms with E-state index in [1.165, 1.54) is 5.56 Å². The van der Waals surface area contributed by atoms with Gasteiger partial charge in [-0.3, -0.25) is 4.90 Å². The molecule has 0 aliphatic rings. The molecule has 104 valence electrons. The first-order valence-corrected chi connectivity index (χ1v) is 7.37. The number of hydrogen-bond acceptors (Lipinski definition) is 2. The Morgan fingerprint density at radius 1 is 1.00 bits per heavy atom. The average molecular weight is 258 g/mol. The van der Waals surface area contributed by atoms with Crippen LogP contribution in [0.4, 0.5) is 0 Å². The molecule has 0 saturated carbocycles. The van der Waals surface area contributed by atoms with Crippen LogP contribution < -0.4 is 0 Å². The van der Waals surface area contributed by atoms with Crippen molar-refractivity contribution in [3.63, 3.8) is 0 Å². The Morgan fingerprint density at radius 3 is 1.84 bits per heavy atom. The first kappa shape index (κ1) is 15.7. The third-order valence-corrected chi connectivity index (χ3v) is 3.43. The van der Waals surface area contributed by atoms with Gasteiger partial charge in [0.2, 0.25) is 0 Å². The topological polar surface area (TPSA) is 27.0 Å². The summed E-state index contributed by atoms with van der Waals surface area (Å²) in [5.41, 5.74) is 2.45. The summed E-state index contributed by atoms with van der Waals surface area (Å²) >= 11 is 0. The first-order valence-electron chi connectivity index (χ1n) is 7.37. The van der Waals surface area contributed by atoms with E-state index in [0.29, 0.717) is 5.92 Å². The Kier molecular flexibility index (Phi) is 6.59. The van der Waals surface area contributed by atoms with Crippen molar-refractivity contribution >= 4 is 0 Å². The van der Waals surface area contributed by atoms with Crippen molar-refractivity contribution in [2.75, 3.05) is 13.1 Å². The quantitative estimate of drug-likeness (QED) is 0.720. The number of rotatable bonds is 7. The van der Waals surface area contributed by atoms with Crippen LogP contribution in [0.1, 0.15) is 63.6 Å². The molecule has 19 heavy (non-hydrogen) atoms. The second-order valence-corrected chi connectivity index (χ2v) is 5.39. The van der Waals surface area contributed by atoms with Gasteiger partial charge in [-0.2, -0.15) is 5.26 Å². The van der Waals surface area contributed by atoms with E-state index in [4.69, 9.17) is 0 Å². The molecule has 0 aliphatic carbocycles. The van der Waals surface area contributed by atoms with Crippen molar-refractivity contribution < 1.29 is 0 Å². The molecule has 0 heterocycles. The monoisotopic (exact) mass is 258 g/mol. The summed E-state index contributed by atoms with van der Waals surface area (Å²) in [5, 5.41) is 9.49. The number of nitriles is 1. The van der Waals surface area contributed by atoms with E-state index in [1.54, 1.807) is 0 Å². The van der Waals surface area contributed by atoms with Crippen LogP contribution in [0.2, 0.25) is 0 Å². The van der Waals surface area contributed by atoms with Crippen molar-refractivity contribution in [1.82, 2.24) is 4.90 Å². The number of hydrogen-bond donors (Lipinski definition) is 0. The minimum atomic E-state index is -0.110. The molecule has 1 atom stereocenters. The number of benzene rings is 1. The highest BCUT2D eigenvalue weighted by atomic mass is 15.1. The fraction of sp³-hybridized carbons (Fsp3) is 0.588. The molecule has 2 nitrogen and oxygen atoms in total. The van der Waals surface area contributed by atoms with Gasteiger partial charge >= 0.3 is 0 Å². The Morgan fingerprint density at radius 2 is 1.47 bits per heavy atom. The molecule has 1 unspecified atom stereocenters. The molecule has 0 fully saturated rings. The lowest BCUT2D eigenvalue weighted by molar-refractivity contribution is 0.236. The Balaban J connectivity index is 2.91. The molecule has 0 amide bonds. The summed E-state index contributed by atoms with van der Waals surface area (Å²) in [7, 11) is 0. The predicted molar refractivity (Wildman–Crippen MR) is 81.0 cm³/mol. The normalized spacial score (nSPS) is 12.7. The van der Waals surface area contributed by atoms with Gasteiger partial charge in [-0.05, 0) is 43.0 Å². The highest BCUT2D eigenvalue weighted by molar-refractivity contribution is 5.29. The van der Waals surface area contributed by atoms with Gasteiger partial charge in [-0.1, -0.05) is 52.0 Å². The zero-order valence-electron chi connectivity index (χ0n) is 12.7. The third-order valence-electron chi connectivity index (χ3n) is 3.43. The molecule has 0 saturated heterocycles. The van der Waals surface area contributed by atoms with Crippen LogP contribution in [-0.2, 0) is 0 Å². The largest absolute Gasteiger partial charge is 0.284 e. The Bertz CT molecular complexity index is 394. The molecule has 2 heteroatoms. The van der Waals surface area contributed by atoms with Gasteiger partial charge in [0.1, 0.15) is 6.04 Å². The maximum atomic E-state index is 9.49. The van der Waals surface area contributed by atoms with Crippen LogP contribution in [0.3, 0.4) is 0 Å². The Hall–Kier alpha value is -1.33. The van der Waals surface area contributed by atoms with Gasteiger partial charge in [0.15, 0.2) is 0 Å².